The molecule has 0 amide bonds. The second-order valence-electron chi connectivity index (χ2n) is 6.54. The number of pyridine rings is 1. The van der Waals surface area contributed by atoms with Crippen molar-refractivity contribution in [1.82, 2.24) is 4.98 Å². The van der Waals surface area contributed by atoms with Crippen LogP contribution in [0.5, 0.6) is 0 Å². The normalized spacial score (nSPS) is 14.1. The molecule has 1 aromatic rings. The molecule has 0 radical (unpaired) electrons. The van der Waals surface area contributed by atoms with Crippen LogP contribution in [0.3, 0.4) is 0 Å². The number of hydrogen-bond acceptors (Lipinski definition) is 2. The van der Waals surface area contributed by atoms with E-state index in [0.717, 1.165) is 17.7 Å². The van der Waals surface area contributed by atoms with E-state index in [-0.39, 0.29) is 5.41 Å². The first-order chi connectivity index (χ1) is 8.16. The summed E-state index contributed by atoms with van der Waals surface area (Å²) in [5.41, 5.74) is 4.26. The van der Waals surface area contributed by atoms with Gasteiger partial charge in [0, 0.05) is 17.5 Å². The fraction of sp³-hybridized carbons (Fsp3) is 0.688. The zero-order valence-corrected chi connectivity index (χ0v) is 12.8. The first kappa shape index (κ1) is 15.2. The Morgan fingerprint density at radius 1 is 1.17 bits per heavy atom. The highest BCUT2D eigenvalue weighted by atomic mass is 16.3. The van der Waals surface area contributed by atoms with Gasteiger partial charge >= 0.3 is 0 Å². The van der Waals surface area contributed by atoms with Gasteiger partial charge in [-0.3, -0.25) is 4.98 Å². The number of hydrogen-bond donors (Lipinski definition) is 1. The number of aliphatic hydroxyl groups excluding tert-OH is 1. The Hall–Kier alpha value is -0.890. The van der Waals surface area contributed by atoms with Gasteiger partial charge in [-0.2, -0.15) is 0 Å². The minimum absolute atomic E-state index is 0.123. The van der Waals surface area contributed by atoms with Crippen LogP contribution in [0.1, 0.15) is 62.6 Å². The summed E-state index contributed by atoms with van der Waals surface area (Å²) in [7, 11) is 0. The molecule has 1 rings (SSSR count). The van der Waals surface area contributed by atoms with Crippen molar-refractivity contribution in [1.29, 1.82) is 0 Å². The van der Waals surface area contributed by atoms with Crippen molar-refractivity contribution < 1.29 is 5.11 Å². The summed E-state index contributed by atoms with van der Waals surface area (Å²) in [5.74, 6) is 0.578. The summed E-state index contributed by atoms with van der Waals surface area (Å²) in [6.07, 6.45) is 2.39. The van der Waals surface area contributed by atoms with Gasteiger partial charge in [-0.25, -0.2) is 0 Å². The zero-order valence-electron chi connectivity index (χ0n) is 12.8. The Bertz CT molecular complexity index is 421. The number of aromatic nitrogens is 1. The third-order valence-electron chi connectivity index (χ3n) is 3.90. The van der Waals surface area contributed by atoms with Crippen molar-refractivity contribution >= 4 is 0 Å². The molecule has 0 aliphatic carbocycles. The molecule has 0 aliphatic rings. The lowest BCUT2D eigenvalue weighted by molar-refractivity contribution is 0.0333. The van der Waals surface area contributed by atoms with E-state index in [4.69, 9.17) is 0 Å². The maximum Gasteiger partial charge on any atom is 0.0858 e. The Morgan fingerprint density at radius 2 is 1.72 bits per heavy atom. The predicted molar refractivity (Wildman–Crippen MR) is 76.6 cm³/mol. The molecule has 1 unspecified atom stereocenters. The van der Waals surface area contributed by atoms with E-state index in [2.05, 4.69) is 46.5 Å². The van der Waals surface area contributed by atoms with Gasteiger partial charge in [0.15, 0.2) is 0 Å². The number of nitrogens with zero attached hydrogens (tertiary/aromatic N) is 1. The maximum atomic E-state index is 10.7. The number of aryl methyl sites for hydroxylation is 1. The molecule has 0 aliphatic heterocycles. The van der Waals surface area contributed by atoms with Crippen LogP contribution in [0, 0.1) is 32.1 Å². The lowest BCUT2D eigenvalue weighted by Crippen LogP contribution is -2.25. The largest absolute Gasteiger partial charge is 0.388 e. The molecule has 1 heterocycles. The SMILES string of the molecule is Cc1ncc(C(O)C(C)(C)CC(C)C)c(C)c1C. The minimum atomic E-state index is -0.452. The molecular formula is C16H27NO. The van der Waals surface area contributed by atoms with E-state index >= 15 is 0 Å². The van der Waals surface area contributed by atoms with Gasteiger partial charge in [0.05, 0.1) is 6.10 Å². The smallest absolute Gasteiger partial charge is 0.0858 e. The highest BCUT2D eigenvalue weighted by Crippen LogP contribution is 2.40. The molecule has 0 fully saturated rings. The molecule has 0 saturated heterocycles. The molecule has 2 nitrogen and oxygen atoms in total. The molecule has 0 aromatic carbocycles. The molecule has 1 aromatic heterocycles. The zero-order chi connectivity index (χ0) is 14.1. The Labute approximate surface area is 111 Å². The van der Waals surface area contributed by atoms with Crippen LogP contribution in [0.25, 0.3) is 0 Å². The van der Waals surface area contributed by atoms with Gasteiger partial charge in [-0.1, -0.05) is 27.7 Å². The third-order valence-corrected chi connectivity index (χ3v) is 3.90. The molecule has 0 bridgehead atoms. The summed E-state index contributed by atoms with van der Waals surface area (Å²) in [5, 5.41) is 10.7. The quantitative estimate of drug-likeness (QED) is 0.871. The molecule has 2 heteroatoms. The second-order valence-corrected chi connectivity index (χ2v) is 6.54. The van der Waals surface area contributed by atoms with Crippen LogP contribution in [0.15, 0.2) is 6.20 Å². The molecule has 1 N–H and O–H groups in total. The van der Waals surface area contributed by atoms with Gasteiger partial charge in [0.1, 0.15) is 0 Å². The van der Waals surface area contributed by atoms with E-state index in [1.807, 2.05) is 13.1 Å². The molecule has 102 valence electrons. The molecule has 0 saturated carbocycles. The van der Waals surface area contributed by atoms with E-state index in [0.29, 0.717) is 5.92 Å². The van der Waals surface area contributed by atoms with Crippen molar-refractivity contribution in [3.8, 4) is 0 Å². The third kappa shape index (κ3) is 3.11. The molecular weight excluding hydrogens is 222 g/mol. The van der Waals surface area contributed by atoms with Crippen LogP contribution in [0.4, 0.5) is 0 Å². The van der Waals surface area contributed by atoms with E-state index in [1.165, 1.54) is 11.1 Å². The fourth-order valence-corrected chi connectivity index (χ4v) is 2.71. The standard InChI is InChI=1S/C16H27NO/c1-10(2)8-16(6,7)15(18)14-9-17-13(5)11(3)12(14)4/h9-10,15,18H,8H2,1-7H3. The van der Waals surface area contributed by atoms with Gasteiger partial charge in [0.25, 0.3) is 0 Å². The van der Waals surface area contributed by atoms with Gasteiger partial charge in [-0.15, -0.1) is 0 Å². The highest BCUT2D eigenvalue weighted by Gasteiger charge is 2.31. The van der Waals surface area contributed by atoms with Gasteiger partial charge < -0.3 is 5.11 Å². The lowest BCUT2D eigenvalue weighted by atomic mass is 9.75. The maximum absolute atomic E-state index is 10.7. The van der Waals surface area contributed by atoms with Crippen molar-refractivity contribution in [3.05, 3.63) is 28.6 Å². The first-order valence-corrected chi connectivity index (χ1v) is 6.77. The van der Waals surface area contributed by atoms with E-state index in [1.54, 1.807) is 0 Å². The minimum Gasteiger partial charge on any atom is -0.388 e. The van der Waals surface area contributed by atoms with Crippen LogP contribution >= 0.6 is 0 Å². The highest BCUT2D eigenvalue weighted by molar-refractivity contribution is 5.35. The molecule has 18 heavy (non-hydrogen) atoms. The Kier molecular flexibility index (Phi) is 4.55. The average molecular weight is 249 g/mol. The van der Waals surface area contributed by atoms with E-state index < -0.39 is 6.10 Å². The molecule has 0 spiro atoms. The summed E-state index contributed by atoms with van der Waals surface area (Å²) in [6, 6.07) is 0. The van der Waals surface area contributed by atoms with Crippen LogP contribution in [-0.2, 0) is 0 Å². The monoisotopic (exact) mass is 249 g/mol. The topological polar surface area (TPSA) is 33.1 Å². The van der Waals surface area contributed by atoms with Gasteiger partial charge in [-0.05, 0) is 49.7 Å². The van der Waals surface area contributed by atoms with Crippen molar-refractivity contribution in [2.45, 2.75) is 61.0 Å². The number of aliphatic hydroxyl groups is 1. The average Bonchev–Trinajstić information content (AvgIpc) is 2.23. The fourth-order valence-electron chi connectivity index (χ4n) is 2.71. The second kappa shape index (κ2) is 5.40. The predicted octanol–water partition coefficient (Wildman–Crippen LogP) is 4.11. The van der Waals surface area contributed by atoms with Crippen LogP contribution < -0.4 is 0 Å². The van der Waals surface area contributed by atoms with Crippen molar-refractivity contribution in [2.75, 3.05) is 0 Å². The van der Waals surface area contributed by atoms with Crippen LogP contribution in [0.2, 0.25) is 0 Å². The van der Waals surface area contributed by atoms with Gasteiger partial charge in [0.2, 0.25) is 0 Å². The summed E-state index contributed by atoms with van der Waals surface area (Å²) in [4.78, 5) is 4.39. The summed E-state index contributed by atoms with van der Waals surface area (Å²) >= 11 is 0. The van der Waals surface area contributed by atoms with E-state index in [9.17, 15) is 5.11 Å². The lowest BCUT2D eigenvalue weighted by Gasteiger charge is -2.33. The van der Waals surface area contributed by atoms with Crippen molar-refractivity contribution in [2.24, 2.45) is 11.3 Å². The summed E-state index contributed by atoms with van der Waals surface area (Å²) in [6.45, 7) is 14.8. The summed E-state index contributed by atoms with van der Waals surface area (Å²) < 4.78 is 0. The van der Waals surface area contributed by atoms with Crippen molar-refractivity contribution in [3.63, 3.8) is 0 Å². The van der Waals surface area contributed by atoms with Crippen LogP contribution in [-0.4, -0.2) is 10.1 Å². The Morgan fingerprint density at radius 3 is 2.22 bits per heavy atom. The molecule has 1 atom stereocenters. The number of rotatable bonds is 4. The Balaban J connectivity index is 3.11. The first-order valence-electron chi connectivity index (χ1n) is 6.77.